The Morgan fingerprint density at radius 2 is 1.71 bits per heavy atom. The number of rotatable bonds is 4. The molecule has 2 atom stereocenters. The number of ether oxygens (including phenoxy) is 1. The summed E-state index contributed by atoms with van der Waals surface area (Å²) in [7, 11) is 0. The Bertz CT molecular complexity index is 735. The van der Waals surface area contributed by atoms with Crippen LogP contribution in [0.3, 0.4) is 0 Å². The summed E-state index contributed by atoms with van der Waals surface area (Å²) in [5, 5.41) is 0. The van der Waals surface area contributed by atoms with Crippen LogP contribution in [0.5, 0.6) is 0 Å². The first-order valence-electron chi connectivity index (χ1n) is 7.78. The van der Waals surface area contributed by atoms with Crippen molar-refractivity contribution in [2.75, 3.05) is 4.43 Å². The van der Waals surface area contributed by atoms with Gasteiger partial charge in [0.25, 0.3) is 5.91 Å². The van der Waals surface area contributed by atoms with E-state index in [-0.39, 0.29) is 11.9 Å². The number of alkyl halides is 1. The van der Waals surface area contributed by atoms with Gasteiger partial charge in [0, 0.05) is 15.6 Å². The fourth-order valence-electron chi connectivity index (χ4n) is 2.93. The van der Waals surface area contributed by atoms with Crippen molar-refractivity contribution >= 4 is 34.5 Å². The predicted octanol–water partition coefficient (Wildman–Crippen LogP) is 3.97. The Labute approximate surface area is 154 Å². The topological polar surface area (TPSA) is 46.6 Å². The molecule has 0 unspecified atom stereocenters. The zero-order valence-corrected chi connectivity index (χ0v) is 15.5. The minimum absolute atomic E-state index is 0.192. The highest BCUT2D eigenvalue weighted by atomic mass is 127. The van der Waals surface area contributed by atoms with E-state index in [4.69, 9.17) is 4.74 Å². The minimum atomic E-state index is -0.964. The molecule has 5 heteroatoms. The first-order valence-corrected chi connectivity index (χ1v) is 9.31. The molecule has 0 aromatic heterocycles. The Hall–Kier alpha value is -1.89. The summed E-state index contributed by atoms with van der Waals surface area (Å²) in [6.45, 7) is 1.79. The van der Waals surface area contributed by atoms with Gasteiger partial charge in [-0.1, -0.05) is 71.1 Å². The average molecular weight is 435 g/mol. The van der Waals surface area contributed by atoms with E-state index in [9.17, 15) is 9.59 Å². The maximum Gasteiger partial charge on any atom is 0.334 e. The van der Waals surface area contributed by atoms with Gasteiger partial charge in [0.15, 0.2) is 0 Å². The molecule has 1 amide bonds. The molecule has 0 radical (unpaired) electrons. The molecule has 0 aliphatic carbocycles. The Morgan fingerprint density at radius 1 is 1.12 bits per heavy atom. The Morgan fingerprint density at radius 3 is 2.29 bits per heavy atom. The lowest BCUT2D eigenvalue weighted by molar-refractivity contribution is -0.145. The lowest BCUT2D eigenvalue weighted by atomic mass is 9.96. The van der Waals surface area contributed by atoms with Crippen LogP contribution in [0.1, 0.15) is 35.5 Å². The average Bonchev–Trinajstić information content (AvgIpc) is 2.87. The van der Waals surface area contributed by atoms with Crippen LogP contribution in [0.4, 0.5) is 0 Å². The van der Waals surface area contributed by atoms with Gasteiger partial charge in [-0.2, -0.15) is 0 Å². The van der Waals surface area contributed by atoms with Crippen LogP contribution in [0.2, 0.25) is 0 Å². The molecule has 1 aliphatic rings. The van der Waals surface area contributed by atoms with Crippen LogP contribution in [0.15, 0.2) is 60.7 Å². The van der Waals surface area contributed by atoms with Crippen molar-refractivity contribution in [2.24, 2.45) is 0 Å². The smallest absolute Gasteiger partial charge is 0.334 e. The van der Waals surface area contributed by atoms with Crippen molar-refractivity contribution < 1.29 is 14.3 Å². The van der Waals surface area contributed by atoms with Crippen LogP contribution in [0.25, 0.3) is 0 Å². The zero-order chi connectivity index (χ0) is 17.2. The number of hydrogen-bond acceptors (Lipinski definition) is 3. The minimum Gasteiger partial charge on any atom is -0.435 e. The van der Waals surface area contributed by atoms with Crippen LogP contribution >= 0.6 is 22.6 Å². The summed E-state index contributed by atoms with van der Waals surface area (Å²) in [5.74, 6) is -0.542. The molecule has 0 saturated carbocycles. The molecule has 1 heterocycles. The summed E-state index contributed by atoms with van der Waals surface area (Å²) in [5.41, 5.74) is 0.387. The van der Waals surface area contributed by atoms with E-state index in [1.807, 2.05) is 48.5 Å². The molecule has 2 aromatic carbocycles. The molecule has 1 saturated heterocycles. The largest absolute Gasteiger partial charge is 0.435 e. The zero-order valence-electron chi connectivity index (χ0n) is 13.3. The first kappa shape index (κ1) is 17.0. The second kappa shape index (κ2) is 6.93. The second-order valence-electron chi connectivity index (χ2n) is 5.92. The SMILES string of the molecule is C[C@]1(CCI)C(=O)O[C@H](c2ccccc2)N1C(=O)c1ccccc1. The lowest BCUT2D eigenvalue weighted by Crippen LogP contribution is -2.49. The number of hydrogen-bond donors (Lipinski definition) is 0. The van der Waals surface area contributed by atoms with Crippen molar-refractivity contribution in [1.82, 2.24) is 4.90 Å². The summed E-state index contributed by atoms with van der Waals surface area (Å²) in [6, 6.07) is 18.4. The van der Waals surface area contributed by atoms with Crippen LogP contribution in [-0.4, -0.2) is 26.7 Å². The number of benzene rings is 2. The van der Waals surface area contributed by atoms with E-state index >= 15 is 0 Å². The monoisotopic (exact) mass is 435 g/mol. The molecular weight excluding hydrogens is 417 g/mol. The molecule has 0 N–H and O–H groups in total. The number of carbonyl (C=O) groups excluding carboxylic acids is 2. The fourth-order valence-corrected chi connectivity index (χ4v) is 3.98. The molecule has 0 spiro atoms. The Balaban J connectivity index is 2.06. The number of carbonyl (C=O) groups is 2. The summed E-state index contributed by atoms with van der Waals surface area (Å²) in [4.78, 5) is 27.4. The number of esters is 1. The van der Waals surface area contributed by atoms with Crippen molar-refractivity contribution in [3.8, 4) is 0 Å². The predicted molar refractivity (Wildman–Crippen MR) is 99.8 cm³/mol. The molecule has 24 heavy (non-hydrogen) atoms. The summed E-state index contributed by atoms with van der Waals surface area (Å²) < 4.78 is 6.39. The Kier molecular flexibility index (Phi) is 4.89. The van der Waals surface area contributed by atoms with Crippen molar-refractivity contribution in [1.29, 1.82) is 0 Å². The van der Waals surface area contributed by atoms with Crippen molar-refractivity contribution in [3.63, 3.8) is 0 Å². The van der Waals surface area contributed by atoms with Crippen molar-refractivity contribution in [2.45, 2.75) is 25.1 Å². The van der Waals surface area contributed by atoms with Gasteiger partial charge >= 0.3 is 5.97 Å². The number of amides is 1. The number of nitrogens with zero attached hydrogens (tertiary/aromatic N) is 1. The lowest BCUT2D eigenvalue weighted by Gasteiger charge is -2.33. The van der Waals surface area contributed by atoms with Gasteiger partial charge in [0.1, 0.15) is 5.54 Å². The normalized spacial score (nSPS) is 23.2. The van der Waals surface area contributed by atoms with E-state index in [1.54, 1.807) is 24.0 Å². The van der Waals surface area contributed by atoms with Crippen LogP contribution in [-0.2, 0) is 9.53 Å². The van der Waals surface area contributed by atoms with Gasteiger partial charge in [-0.3, -0.25) is 9.69 Å². The molecule has 1 fully saturated rings. The molecule has 1 aliphatic heterocycles. The maximum atomic E-state index is 13.2. The van der Waals surface area contributed by atoms with Gasteiger partial charge < -0.3 is 4.74 Å². The highest BCUT2D eigenvalue weighted by molar-refractivity contribution is 14.1. The molecular formula is C19H18INO3. The summed E-state index contributed by atoms with van der Waals surface area (Å²) >= 11 is 2.22. The summed E-state index contributed by atoms with van der Waals surface area (Å²) in [6.07, 6.45) is -0.145. The van der Waals surface area contributed by atoms with E-state index in [0.717, 1.165) is 9.99 Å². The quantitative estimate of drug-likeness (QED) is 0.415. The molecule has 0 bridgehead atoms. The maximum absolute atomic E-state index is 13.2. The third-order valence-electron chi connectivity index (χ3n) is 4.33. The van der Waals surface area contributed by atoms with Crippen LogP contribution < -0.4 is 0 Å². The van der Waals surface area contributed by atoms with Crippen molar-refractivity contribution in [3.05, 3.63) is 71.8 Å². The molecule has 3 rings (SSSR count). The second-order valence-corrected chi connectivity index (χ2v) is 7.00. The highest BCUT2D eigenvalue weighted by Gasteiger charge is 2.54. The third-order valence-corrected chi connectivity index (χ3v) is 4.87. The van der Waals surface area contributed by atoms with E-state index in [2.05, 4.69) is 22.6 Å². The van der Waals surface area contributed by atoms with E-state index in [0.29, 0.717) is 12.0 Å². The van der Waals surface area contributed by atoms with Crippen LogP contribution in [0, 0.1) is 0 Å². The van der Waals surface area contributed by atoms with Gasteiger partial charge in [0.05, 0.1) is 0 Å². The van der Waals surface area contributed by atoms with Gasteiger partial charge in [-0.15, -0.1) is 0 Å². The standard InChI is InChI=1S/C19H18INO3/c1-19(12-13-20)18(23)24-17(15-10-6-3-7-11-15)21(19)16(22)14-8-4-2-5-9-14/h2-11,17H,12-13H2,1H3/t17-,19+/m1/s1. The van der Waals surface area contributed by atoms with Gasteiger partial charge in [-0.05, 0) is 25.5 Å². The van der Waals surface area contributed by atoms with E-state index in [1.165, 1.54) is 0 Å². The van der Waals surface area contributed by atoms with Gasteiger partial charge in [0.2, 0.25) is 6.23 Å². The molecule has 2 aromatic rings. The highest BCUT2D eigenvalue weighted by Crippen LogP contribution is 2.41. The number of cyclic esters (lactones) is 1. The third kappa shape index (κ3) is 2.92. The fraction of sp³-hybridized carbons (Fsp3) is 0.263. The molecule has 4 nitrogen and oxygen atoms in total. The first-order chi connectivity index (χ1) is 11.6. The van der Waals surface area contributed by atoms with Gasteiger partial charge in [-0.25, -0.2) is 4.79 Å². The molecule has 124 valence electrons. The van der Waals surface area contributed by atoms with E-state index < -0.39 is 11.8 Å². The number of halogens is 1.